The first kappa shape index (κ1) is 32.5. The van der Waals surface area contributed by atoms with E-state index in [1.54, 1.807) is 0 Å². The van der Waals surface area contributed by atoms with Crippen molar-refractivity contribution in [1.29, 1.82) is 0 Å². The van der Waals surface area contributed by atoms with E-state index in [1.807, 2.05) is 0 Å². The van der Waals surface area contributed by atoms with Crippen LogP contribution in [0.25, 0.3) is 76.5 Å². The fourth-order valence-electron chi connectivity index (χ4n) is 9.54. The van der Waals surface area contributed by atoms with E-state index in [1.165, 1.54) is 93.3 Å². The van der Waals surface area contributed by atoms with Crippen LogP contribution in [-0.2, 0) is 5.41 Å². The molecule has 0 aromatic heterocycles. The Bertz CT molecular complexity index is 3170. The first-order valence-electron chi connectivity index (χ1n) is 19.6. The van der Waals surface area contributed by atoms with Crippen LogP contribution in [0.5, 0.6) is 0 Å². The van der Waals surface area contributed by atoms with E-state index in [2.05, 4.69) is 219 Å². The Balaban J connectivity index is 1.12. The average Bonchev–Trinajstić information content (AvgIpc) is 3.50. The zero-order valence-corrected chi connectivity index (χ0v) is 31.5. The number of nitrogens with zero attached hydrogens (tertiary/aromatic N) is 1. The van der Waals surface area contributed by atoms with Gasteiger partial charge in [-0.2, -0.15) is 0 Å². The van der Waals surface area contributed by atoms with Crippen molar-refractivity contribution < 1.29 is 0 Å². The Hall–Kier alpha value is -6.96. The first-order chi connectivity index (χ1) is 27.5. The predicted octanol–water partition coefficient (Wildman–Crippen LogP) is 15.4. The summed E-state index contributed by atoms with van der Waals surface area (Å²) < 4.78 is 0. The zero-order valence-electron chi connectivity index (χ0n) is 31.5. The maximum absolute atomic E-state index is 2.48. The Morgan fingerprint density at radius 2 is 0.857 bits per heavy atom. The van der Waals surface area contributed by atoms with Gasteiger partial charge >= 0.3 is 0 Å². The van der Waals surface area contributed by atoms with Crippen molar-refractivity contribution in [2.45, 2.75) is 19.3 Å². The SMILES string of the molecule is CC1(C)c2ccccc2-c2c(N(c3ccc(-c4cc5ccccc5c5ccccc45)cc3)c3cccc(-c4cc5ccccc5c5ccccc45)c3)cccc21. The van der Waals surface area contributed by atoms with Gasteiger partial charge in [-0.05, 0) is 124 Å². The lowest BCUT2D eigenvalue weighted by molar-refractivity contribution is 0.660. The summed E-state index contributed by atoms with van der Waals surface area (Å²) in [5.74, 6) is 0. The van der Waals surface area contributed by atoms with E-state index in [0.29, 0.717) is 0 Å². The second kappa shape index (κ2) is 12.5. The van der Waals surface area contributed by atoms with E-state index in [0.717, 1.165) is 11.4 Å². The van der Waals surface area contributed by atoms with Crippen LogP contribution in [0.4, 0.5) is 17.1 Å². The van der Waals surface area contributed by atoms with Crippen molar-refractivity contribution in [3.8, 4) is 33.4 Å². The van der Waals surface area contributed by atoms with Crippen molar-refractivity contribution in [2.75, 3.05) is 4.90 Å². The van der Waals surface area contributed by atoms with Crippen molar-refractivity contribution >= 4 is 60.2 Å². The molecule has 0 heterocycles. The van der Waals surface area contributed by atoms with Gasteiger partial charge in [0.25, 0.3) is 0 Å². The molecule has 0 fully saturated rings. The minimum Gasteiger partial charge on any atom is -0.310 e. The van der Waals surface area contributed by atoms with Gasteiger partial charge in [-0.3, -0.25) is 0 Å². The fourth-order valence-corrected chi connectivity index (χ4v) is 9.54. The number of fused-ring (bicyclic) bond motifs is 9. The van der Waals surface area contributed by atoms with E-state index in [4.69, 9.17) is 0 Å². The summed E-state index contributed by atoms with van der Waals surface area (Å²) in [6.45, 7) is 4.72. The zero-order chi connectivity index (χ0) is 37.4. The molecule has 0 unspecified atom stereocenters. The molecule has 264 valence electrons. The summed E-state index contributed by atoms with van der Waals surface area (Å²) in [5.41, 5.74) is 13.6. The standard InChI is InChI=1S/C55H39N/c1-55(2)51-26-12-11-25-48(51)54-52(55)27-14-28-53(54)56(40-31-29-36(30-32-40)49-34-38-15-3-5-19-42(38)44-21-7-9-23-46(44)49)41-18-13-17-37(33-41)50-35-39-16-4-6-20-43(39)45-22-8-10-24-47(45)50/h3-35H,1-2H3. The molecule has 0 atom stereocenters. The summed E-state index contributed by atoms with van der Waals surface area (Å²) >= 11 is 0. The number of hydrogen-bond acceptors (Lipinski definition) is 1. The highest BCUT2D eigenvalue weighted by atomic mass is 15.1. The monoisotopic (exact) mass is 713 g/mol. The second-order valence-electron chi connectivity index (χ2n) is 15.7. The molecule has 1 nitrogen and oxygen atoms in total. The van der Waals surface area contributed by atoms with Gasteiger partial charge in [0.05, 0.1) is 5.69 Å². The maximum atomic E-state index is 2.48. The number of hydrogen-bond donors (Lipinski definition) is 0. The topological polar surface area (TPSA) is 3.24 Å². The van der Waals surface area contributed by atoms with E-state index in [-0.39, 0.29) is 5.41 Å². The summed E-state index contributed by atoms with van der Waals surface area (Å²) in [7, 11) is 0. The summed E-state index contributed by atoms with van der Waals surface area (Å²) in [6, 6.07) is 74.0. The van der Waals surface area contributed by atoms with Gasteiger partial charge in [-0.25, -0.2) is 0 Å². The summed E-state index contributed by atoms with van der Waals surface area (Å²) in [4.78, 5) is 2.48. The average molecular weight is 714 g/mol. The van der Waals surface area contributed by atoms with E-state index < -0.39 is 0 Å². The van der Waals surface area contributed by atoms with Crippen molar-refractivity contribution in [3.05, 3.63) is 211 Å². The van der Waals surface area contributed by atoms with Crippen molar-refractivity contribution in [1.82, 2.24) is 0 Å². The van der Waals surface area contributed by atoms with Crippen LogP contribution >= 0.6 is 0 Å². The minimum absolute atomic E-state index is 0.111. The lowest BCUT2D eigenvalue weighted by Crippen LogP contribution is -2.16. The van der Waals surface area contributed by atoms with Crippen LogP contribution in [0, 0.1) is 0 Å². The van der Waals surface area contributed by atoms with Gasteiger partial charge in [0.15, 0.2) is 0 Å². The van der Waals surface area contributed by atoms with Gasteiger partial charge in [0.2, 0.25) is 0 Å². The maximum Gasteiger partial charge on any atom is 0.0543 e. The smallest absolute Gasteiger partial charge is 0.0543 e. The molecule has 10 aromatic carbocycles. The molecule has 0 aliphatic heterocycles. The third-order valence-electron chi connectivity index (χ3n) is 12.2. The molecule has 1 aliphatic carbocycles. The molecule has 1 aliphatic rings. The molecular weight excluding hydrogens is 675 g/mol. The quantitative estimate of drug-likeness (QED) is 0.161. The van der Waals surface area contributed by atoms with Crippen molar-refractivity contribution in [2.24, 2.45) is 0 Å². The summed E-state index contributed by atoms with van der Waals surface area (Å²) in [5, 5.41) is 10.2. The molecule has 0 spiro atoms. The lowest BCUT2D eigenvalue weighted by atomic mass is 9.82. The van der Waals surface area contributed by atoms with E-state index in [9.17, 15) is 0 Å². The number of anilines is 3. The van der Waals surface area contributed by atoms with Crippen LogP contribution in [-0.4, -0.2) is 0 Å². The summed E-state index contributed by atoms with van der Waals surface area (Å²) in [6.07, 6.45) is 0. The first-order valence-corrected chi connectivity index (χ1v) is 19.6. The minimum atomic E-state index is -0.111. The molecular formula is C55H39N. The highest BCUT2D eigenvalue weighted by molar-refractivity contribution is 6.15. The van der Waals surface area contributed by atoms with E-state index >= 15 is 0 Å². The fraction of sp³-hybridized carbons (Fsp3) is 0.0545. The Morgan fingerprint density at radius 1 is 0.339 bits per heavy atom. The normalized spacial score (nSPS) is 13.0. The molecule has 1 heteroatoms. The van der Waals surface area contributed by atoms with Gasteiger partial charge in [-0.1, -0.05) is 172 Å². The van der Waals surface area contributed by atoms with Crippen molar-refractivity contribution in [3.63, 3.8) is 0 Å². The van der Waals surface area contributed by atoms with Crippen LogP contribution in [0.3, 0.4) is 0 Å². The molecule has 56 heavy (non-hydrogen) atoms. The van der Waals surface area contributed by atoms with Gasteiger partial charge in [0.1, 0.15) is 0 Å². The van der Waals surface area contributed by atoms with Crippen LogP contribution < -0.4 is 4.90 Å². The molecule has 0 saturated heterocycles. The number of rotatable bonds is 5. The highest BCUT2D eigenvalue weighted by Gasteiger charge is 2.37. The molecule has 0 N–H and O–H groups in total. The Kier molecular flexibility index (Phi) is 7.28. The highest BCUT2D eigenvalue weighted by Crippen LogP contribution is 2.54. The largest absolute Gasteiger partial charge is 0.310 e. The molecule has 0 radical (unpaired) electrons. The van der Waals surface area contributed by atoms with Gasteiger partial charge < -0.3 is 4.90 Å². The third kappa shape index (κ3) is 4.94. The van der Waals surface area contributed by atoms with Crippen LogP contribution in [0.15, 0.2) is 200 Å². The third-order valence-corrected chi connectivity index (χ3v) is 12.2. The molecule has 0 amide bonds. The Labute approximate surface area is 327 Å². The Morgan fingerprint density at radius 3 is 1.52 bits per heavy atom. The van der Waals surface area contributed by atoms with Gasteiger partial charge in [0, 0.05) is 22.4 Å². The van der Waals surface area contributed by atoms with Crippen LogP contribution in [0.1, 0.15) is 25.0 Å². The molecule has 11 rings (SSSR count). The molecule has 0 saturated carbocycles. The van der Waals surface area contributed by atoms with Gasteiger partial charge in [-0.15, -0.1) is 0 Å². The number of benzene rings is 10. The lowest BCUT2D eigenvalue weighted by Gasteiger charge is -2.29. The van der Waals surface area contributed by atoms with Crippen LogP contribution in [0.2, 0.25) is 0 Å². The molecule has 0 bridgehead atoms. The predicted molar refractivity (Wildman–Crippen MR) is 240 cm³/mol. The molecule has 10 aromatic rings. The second-order valence-corrected chi connectivity index (χ2v) is 15.7.